The molecule has 0 radical (unpaired) electrons. The van der Waals surface area contributed by atoms with Crippen LogP contribution in [-0.2, 0) is 0 Å². The molecule has 0 aliphatic carbocycles. The molecule has 2 heterocycles. The maximum Gasteiger partial charge on any atom is 0.321 e. The molecule has 2 aromatic rings. The van der Waals surface area contributed by atoms with Crippen LogP contribution in [0.2, 0.25) is 0 Å². The largest absolute Gasteiger partial charge is 0.454 e. The zero-order valence-corrected chi connectivity index (χ0v) is 15.1. The number of fused-ring (bicyclic) bond motifs is 1. The van der Waals surface area contributed by atoms with Gasteiger partial charge in [0, 0.05) is 43.6 Å². The van der Waals surface area contributed by atoms with Crippen molar-refractivity contribution in [2.24, 2.45) is 0 Å². The lowest BCUT2D eigenvalue weighted by Crippen LogP contribution is -2.50. The van der Waals surface area contributed by atoms with E-state index in [0.29, 0.717) is 24.6 Å². The van der Waals surface area contributed by atoms with Gasteiger partial charge in [0.1, 0.15) is 0 Å². The average molecular weight is 353 g/mol. The van der Waals surface area contributed by atoms with Crippen LogP contribution in [0.1, 0.15) is 11.1 Å². The first-order valence-corrected chi connectivity index (χ1v) is 8.88. The summed E-state index contributed by atoms with van der Waals surface area (Å²) >= 11 is 0. The number of carbonyl (C=O) groups is 1. The van der Waals surface area contributed by atoms with Gasteiger partial charge in [-0.2, -0.15) is 0 Å². The van der Waals surface area contributed by atoms with Crippen LogP contribution >= 0.6 is 0 Å². The molecule has 0 aromatic heterocycles. The van der Waals surface area contributed by atoms with Gasteiger partial charge in [-0.3, -0.25) is 0 Å². The van der Waals surface area contributed by atoms with Crippen molar-refractivity contribution in [1.29, 1.82) is 0 Å². The van der Waals surface area contributed by atoms with E-state index in [0.717, 1.165) is 18.8 Å². The third-order valence-corrected chi connectivity index (χ3v) is 5.11. The third kappa shape index (κ3) is 3.14. The number of ether oxygens (including phenoxy) is 2. The zero-order chi connectivity index (χ0) is 18.1. The second-order valence-corrected chi connectivity index (χ2v) is 6.69. The van der Waals surface area contributed by atoms with Crippen molar-refractivity contribution in [3.8, 4) is 11.5 Å². The summed E-state index contributed by atoms with van der Waals surface area (Å²) in [6, 6.07) is 11.7. The number of carbonyl (C=O) groups excluding carboxylic acids is 1. The van der Waals surface area contributed by atoms with Crippen LogP contribution in [0.5, 0.6) is 11.5 Å². The molecule has 26 heavy (non-hydrogen) atoms. The zero-order valence-electron chi connectivity index (χ0n) is 15.1. The fourth-order valence-corrected chi connectivity index (χ4v) is 3.41. The molecule has 2 aromatic carbocycles. The highest BCUT2D eigenvalue weighted by Gasteiger charge is 2.23. The lowest BCUT2D eigenvalue weighted by atomic mass is 10.1. The second kappa shape index (κ2) is 6.78. The monoisotopic (exact) mass is 353 g/mol. The van der Waals surface area contributed by atoms with Gasteiger partial charge in [0.2, 0.25) is 6.79 Å². The molecule has 0 saturated carbocycles. The number of hydrogen-bond donors (Lipinski definition) is 1. The van der Waals surface area contributed by atoms with E-state index in [1.807, 2.05) is 17.0 Å². The Balaban J connectivity index is 1.37. The molecule has 1 saturated heterocycles. The molecule has 136 valence electrons. The normalized spacial score (nSPS) is 15.9. The Labute approximate surface area is 153 Å². The van der Waals surface area contributed by atoms with Crippen LogP contribution in [0.15, 0.2) is 36.4 Å². The van der Waals surface area contributed by atoms with E-state index in [2.05, 4.69) is 42.3 Å². The highest BCUT2D eigenvalue weighted by Crippen LogP contribution is 2.34. The van der Waals surface area contributed by atoms with Crippen molar-refractivity contribution in [3.05, 3.63) is 47.5 Å². The van der Waals surface area contributed by atoms with Gasteiger partial charge in [-0.25, -0.2) is 4.79 Å². The third-order valence-electron chi connectivity index (χ3n) is 5.11. The molecular weight excluding hydrogens is 330 g/mol. The van der Waals surface area contributed by atoms with E-state index in [9.17, 15) is 4.79 Å². The number of urea groups is 1. The van der Waals surface area contributed by atoms with Crippen molar-refractivity contribution >= 4 is 17.4 Å². The van der Waals surface area contributed by atoms with E-state index >= 15 is 0 Å². The fourth-order valence-electron chi connectivity index (χ4n) is 3.41. The number of hydrogen-bond acceptors (Lipinski definition) is 4. The average Bonchev–Trinajstić information content (AvgIpc) is 3.12. The van der Waals surface area contributed by atoms with Gasteiger partial charge in [-0.1, -0.05) is 12.1 Å². The quantitative estimate of drug-likeness (QED) is 0.899. The predicted octanol–water partition coefficient (Wildman–Crippen LogP) is 3.39. The van der Waals surface area contributed by atoms with Crippen LogP contribution in [-0.4, -0.2) is 43.9 Å². The molecule has 1 N–H and O–H groups in total. The smallest absolute Gasteiger partial charge is 0.321 e. The van der Waals surface area contributed by atoms with Gasteiger partial charge in [0.15, 0.2) is 11.5 Å². The predicted molar refractivity (Wildman–Crippen MR) is 101 cm³/mol. The summed E-state index contributed by atoms with van der Waals surface area (Å²) in [5, 5.41) is 2.95. The van der Waals surface area contributed by atoms with E-state index in [1.54, 1.807) is 6.07 Å². The van der Waals surface area contributed by atoms with Gasteiger partial charge in [0.05, 0.1) is 0 Å². The molecule has 0 spiro atoms. The first-order chi connectivity index (χ1) is 12.6. The molecule has 1 fully saturated rings. The molecular formula is C20H23N3O3. The Morgan fingerprint density at radius 1 is 1.00 bits per heavy atom. The number of nitrogens with one attached hydrogen (secondary N) is 1. The molecule has 2 aliphatic heterocycles. The SMILES string of the molecule is Cc1cccc(N2CCN(C(=O)Nc3ccc4c(c3)OCO4)CC2)c1C. The van der Waals surface area contributed by atoms with Crippen molar-refractivity contribution in [2.45, 2.75) is 13.8 Å². The summed E-state index contributed by atoms with van der Waals surface area (Å²) in [7, 11) is 0. The summed E-state index contributed by atoms with van der Waals surface area (Å²) < 4.78 is 10.7. The van der Waals surface area contributed by atoms with Crippen molar-refractivity contribution in [2.75, 3.05) is 43.2 Å². The topological polar surface area (TPSA) is 54.0 Å². The van der Waals surface area contributed by atoms with E-state index in [-0.39, 0.29) is 12.8 Å². The maximum absolute atomic E-state index is 12.6. The van der Waals surface area contributed by atoms with E-state index in [4.69, 9.17) is 9.47 Å². The summed E-state index contributed by atoms with van der Waals surface area (Å²) in [5.74, 6) is 1.38. The van der Waals surface area contributed by atoms with Gasteiger partial charge < -0.3 is 24.6 Å². The number of rotatable bonds is 2. The number of anilines is 2. The Morgan fingerprint density at radius 2 is 1.77 bits per heavy atom. The van der Waals surface area contributed by atoms with Crippen LogP contribution in [0.4, 0.5) is 16.2 Å². The van der Waals surface area contributed by atoms with Gasteiger partial charge in [-0.05, 0) is 43.2 Å². The molecule has 0 unspecified atom stereocenters. The number of nitrogens with zero attached hydrogens (tertiary/aromatic N) is 2. The highest BCUT2D eigenvalue weighted by atomic mass is 16.7. The minimum Gasteiger partial charge on any atom is -0.454 e. The maximum atomic E-state index is 12.6. The summed E-state index contributed by atoms with van der Waals surface area (Å²) in [5.41, 5.74) is 4.59. The molecule has 0 bridgehead atoms. The molecule has 0 atom stereocenters. The first-order valence-electron chi connectivity index (χ1n) is 8.88. The minimum absolute atomic E-state index is 0.0792. The Morgan fingerprint density at radius 3 is 2.58 bits per heavy atom. The number of benzene rings is 2. The lowest BCUT2D eigenvalue weighted by molar-refractivity contribution is 0.174. The fraction of sp³-hybridized carbons (Fsp3) is 0.350. The van der Waals surface area contributed by atoms with E-state index < -0.39 is 0 Å². The lowest BCUT2D eigenvalue weighted by Gasteiger charge is -2.37. The summed E-state index contributed by atoms with van der Waals surface area (Å²) in [4.78, 5) is 16.8. The number of piperazine rings is 1. The first kappa shape index (κ1) is 16.6. The second-order valence-electron chi connectivity index (χ2n) is 6.69. The highest BCUT2D eigenvalue weighted by molar-refractivity contribution is 5.90. The Hall–Kier alpha value is -2.89. The molecule has 4 rings (SSSR count). The van der Waals surface area contributed by atoms with Crippen LogP contribution in [0.25, 0.3) is 0 Å². The Bertz CT molecular complexity index is 829. The summed E-state index contributed by atoms with van der Waals surface area (Å²) in [6.07, 6.45) is 0. The van der Waals surface area contributed by atoms with Crippen molar-refractivity contribution < 1.29 is 14.3 Å². The number of aryl methyl sites for hydroxylation is 1. The van der Waals surface area contributed by atoms with Gasteiger partial charge in [0.25, 0.3) is 0 Å². The molecule has 6 heteroatoms. The number of amides is 2. The molecule has 6 nitrogen and oxygen atoms in total. The molecule has 2 amide bonds. The van der Waals surface area contributed by atoms with Gasteiger partial charge >= 0.3 is 6.03 Å². The van der Waals surface area contributed by atoms with Gasteiger partial charge in [-0.15, -0.1) is 0 Å². The standard InChI is InChI=1S/C20H23N3O3/c1-14-4-3-5-17(15(14)2)22-8-10-23(11-9-22)20(24)21-16-6-7-18-19(12-16)26-13-25-18/h3-7,12H,8-11,13H2,1-2H3,(H,21,24). The van der Waals surface area contributed by atoms with Crippen LogP contribution in [0, 0.1) is 13.8 Å². The molecule has 2 aliphatic rings. The Kier molecular flexibility index (Phi) is 4.32. The van der Waals surface area contributed by atoms with Crippen LogP contribution in [0.3, 0.4) is 0 Å². The van der Waals surface area contributed by atoms with Crippen molar-refractivity contribution in [3.63, 3.8) is 0 Å². The van der Waals surface area contributed by atoms with E-state index in [1.165, 1.54) is 16.8 Å². The minimum atomic E-state index is -0.0792. The van der Waals surface area contributed by atoms with Crippen LogP contribution < -0.4 is 19.7 Å². The summed E-state index contributed by atoms with van der Waals surface area (Å²) in [6.45, 7) is 7.58. The van der Waals surface area contributed by atoms with Crippen molar-refractivity contribution in [1.82, 2.24) is 4.90 Å².